The van der Waals surface area contributed by atoms with Crippen LogP contribution in [0.4, 0.5) is 0 Å². The van der Waals surface area contributed by atoms with Gasteiger partial charge in [0.2, 0.25) is 17.1 Å². The summed E-state index contributed by atoms with van der Waals surface area (Å²) in [4.78, 5) is 24.5. The molecule has 1 heterocycles. The molecule has 0 N–H and O–H groups in total. The van der Waals surface area contributed by atoms with Crippen molar-refractivity contribution in [2.75, 3.05) is 7.11 Å². The minimum atomic E-state index is -1.34. The third-order valence-corrected chi connectivity index (χ3v) is 3.62. The molecule has 3 rings (SSSR count). The highest BCUT2D eigenvalue weighted by molar-refractivity contribution is 6.08. The number of carbonyl (C=O) groups excluding carboxylic acids is 2. The molecule has 1 aliphatic rings. The molecule has 2 aromatic carbocycles. The van der Waals surface area contributed by atoms with Crippen molar-refractivity contribution in [1.82, 2.24) is 0 Å². The number of hydrogen-bond acceptors (Lipinski definition) is 4. The first-order valence-electron chi connectivity index (χ1n) is 6.83. The second kappa shape index (κ2) is 5.48. The lowest BCUT2D eigenvalue weighted by atomic mass is 9.83. The average molecular weight is 294 g/mol. The van der Waals surface area contributed by atoms with E-state index >= 15 is 0 Å². The van der Waals surface area contributed by atoms with Crippen LogP contribution in [0.5, 0.6) is 0 Å². The molecule has 2 aromatic rings. The summed E-state index contributed by atoms with van der Waals surface area (Å²) < 4.78 is 10.5. The molecule has 0 amide bonds. The molecule has 0 saturated carbocycles. The molecule has 0 fully saturated rings. The predicted molar refractivity (Wildman–Crippen MR) is 79.9 cm³/mol. The molecular formula is C18H14O4. The molecule has 0 atom stereocenters. The lowest BCUT2D eigenvalue weighted by Gasteiger charge is -2.29. The summed E-state index contributed by atoms with van der Waals surface area (Å²) in [5, 5.41) is 0. The second-order valence-corrected chi connectivity index (χ2v) is 4.88. The summed E-state index contributed by atoms with van der Waals surface area (Å²) >= 11 is 0. The fourth-order valence-corrected chi connectivity index (χ4v) is 2.58. The maximum absolute atomic E-state index is 12.7. The number of hydrogen-bond donors (Lipinski definition) is 0. The predicted octanol–water partition coefficient (Wildman–Crippen LogP) is 2.59. The van der Waals surface area contributed by atoms with Crippen LogP contribution in [-0.4, -0.2) is 18.9 Å². The van der Waals surface area contributed by atoms with E-state index in [0.29, 0.717) is 11.1 Å². The third kappa shape index (κ3) is 2.09. The summed E-state index contributed by atoms with van der Waals surface area (Å²) in [5.41, 5.74) is -0.00539. The van der Waals surface area contributed by atoms with Gasteiger partial charge in [-0.25, -0.2) is 4.79 Å². The SMILES string of the molecule is COC(=O)C1=CC(=O)C(c2ccccc2)(c2ccccc2)O1. The minimum Gasteiger partial charge on any atom is -0.463 e. The number of methoxy groups -OCH3 is 1. The van der Waals surface area contributed by atoms with E-state index in [2.05, 4.69) is 4.74 Å². The lowest BCUT2D eigenvalue weighted by Crippen LogP contribution is -2.35. The Bertz CT molecular complexity index is 693. The molecule has 4 nitrogen and oxygen atoms in total. The molecule has 0 saturated heterocycles. The van der Waals surface area contributed by atoms with Crippen molar-refractivity contribution in [2.24, 2.45) is 0 Å². The highest BCUT2D eigenvalue weighted by Gasteiger charge is 2.49. The van der Waals surface area contributed by atoms with E-state index < -0.39 is 11.6 Å². The van der Waals surface area contributed by atoms with E-state index in [0.717, 1.165) is 0 Å². The molecule has 0 aliphatic carbocycles. The third-order valence-electron chi connectivity index (χ3n) is 3.62. The summed E-state index contributed by atoms with van der Waals surface area (Å²) in [6.45, 7) is 0. The second-order valence-electron chi connectivity index (χ2n) is 4.88. The van der Waals surface area contributed by atoms with E-state index in [4.69, 9.17) is 4.74 Å². The van der Waals surface area contributed by atoms with Crippen molar-refractivity contribution >= 4 is 11.8 Å². The highest BCUT2D eigenvalue weighted by Crippen LogP contribution is 2.41. The van der Waals surface area contributed by atoms with Crippen LogP contribution in [0.25, 0.3) is 0 Å². The zero-order chi connectivity index (χ0) is 15.6. The summed E-state index contributed by atoms with van der Waals surface area (Å²) in [5.74, 6) is -1.05. The lowest BCUT2D eigenvalue weighted by molar-refractivity contribution is -0.143. The van der Waals surface area contributed by atoms with E-state index in [1.165, 1.54) is 13.2 Å². The molecule has 0 bridgehead atoms. The van der Waals surface area contributed by atoms with Crippen molar-refractivity contribution in [2.45, 2.75) is 5.60 Å². The van der Waals surface area contributed by atoms with Gasteiger partial charge in [0.1, 0.15) is 0 Å². The van der Waals surface area contributed by atoms with Crippen LogP contribution in [0.1, 0.15) is 11.1 Å². The van der Waals surface area contributed by atoms with Gasteiger partial charge in [0, 0.05) is 17.2 Å². The van der Waals surface area contributed by atoms with Crippen LogP contribution >= 0.6 is 0 Å². The van der Waals surface area contributed by atoms with Gasteiger partial charge in [-0.05, 0) is 0 Å². The van der Waals surface area contributed by atoms with Gasteiger partial charge in [-0.3, -0.25) is 4.79 Å². The standard InChI is InChI=1S/C18H14O4/c1-21-17(20)15-12-16(19)18(22-15,13-8-4-2-5-9-13)14-10-6-3-7-11-14/h2-12H,1H3. The van der Waals surface area contributed by atoms with Crippen LogP contribution in [-0.2, 0) is 24.7 Å². The van der Waals surface area contributed by atoms with E-state index in [-0.39, 0.29) is 11.5 Å². The van der Waals surface area contributed by atoms with Gasteiger partial charge in [-0.15, -0.1) is 0 Å². The molecule has 0 unspecified atom stereocenters. The van der Waals surface area contributed by atoms with Gasteiger partial charge in [0.25, 0.3) is 0 Å². The quantitative estimate of drug-likeness (QED) is 0.816. The van der Waals surface area contributed by atoms with Crippen molar-refractivity contribution in [3.8, 4) is 0 Å². The molecule has 0 aromatic heterocycles. The molecule has 22 heavy (non-hydrogen) atoms. The van der Waals surface area contributed by atoms with E-state index in [9.17, 15) is 9.59 Å². The van der Waals surface area contributed by atoms with Gasteiger partial charge in [0.05, 0.1) is 7.11 Å². The first-order chi connectivity index (χ1) is 10.7. The Balaban J connectivity index is 2.16. The van der Waals surface area contributed by atoms with Gasteiger partial charge in [-0.1, -0.05) is 60.7 Å². The van der Waals surface area contributed by atoms with Gasteiger partial charge in [-0.2, -0.15) is 0 Å². The maximum Gasteiger partial charge on any atom is 0.373 e. The maximum atomic E-state index is 12.7. The van der Waals surface area contributed by atoms with Crippen LogP contribution in [0, 0.1) is 0 Å². The van der Waals surface area contributed by atoms with Crippen molar-refractivity contribution in [3.05, 3.63) is 83.6 Å². The zero-order valence-electron chi connectivity index (χ0n) is 12.0. The summed E-state index contributed by atoms with van der Waals surface area (Å²) in [6.07, 6.45) is 1.20. The topological polar surface area (TPSA) is 52.6 Å². The van der Waals surface area contributed by atoms with Gasteiger partial charge in [0.15, 0.2) is 0 Å². The van der Waals surface area contributed by atoms with Gasteiger partial charge >= 0.3 is 5.97 Å². The number of ether oxygens (including phenoxy) is 2. The smallest absolute Gasteiger partial charge is 0.373 e. The number of benzene rings is 2. The Morgan fingerprint density at radius 1 is 0.955 bits per heavy atom. The van der Waals surface area contributed by atoms with Crippen molar-refractivity contribution in [3.63, 3.8) is 0 Å². The fraction of sp³-hybridized carbons (Fsp3) is 0.111. The number of rotatable bonds is 3. The van der Waals surface area contributed by atoms with Crippen LogP contribution in [0.2, 0.25) is 0 Å². The van der Waals surface area contributed by atoms with Crippen molar-refractivity contribution in [1.29, 1.82) is 0 Å². The molecule has 0 radical (unpaired) electrons. The van der Waals surface area contributed by atoms with Crippen LogP contribution in [0.3, 0.4) is 0 Å². The van der Waals surface area contributed by atoms with Crippen LogP contribution in [0.15, 0.2) is 72.5 Å². The molecule has 0 spiro atoms. The molecule has 1 aliphatic heterocycles. The first-order valence-corrected chi connectivity index (χ1v) is 6.83. The molecular weight excluding hydrogens is 280 g/mol. The molecule has 110 valence electrons. The zero-order valence-corrected chi connectivity index (χ0v) is 12.0. The summed E-state index contributed by atoms with van der Waals surface area (Å²) in [6, 6.07) is 18.2. The van der Waals surface area contributed by atoms with E-state index in [1.807, 2.05) is 36.4 Å². The normalized spacial score (nSPS) is 15.9. The number of esters is 1. The summed E-state index contributed by atoms with van der Waals surface area (Å²) in [7, 11) is 1.25. The molecule has 4 heteroatoms. The highest BCUT2D eigenvalue weighted by atomic mass is 16.6. The Kier molecular flexibility index (Phi) is 3.51. The van der Waals surface area contributed by atoms with E-state index in [1.54, 1.807) is 24.3 Å². The Morgan fingerprint density at radius 3 is 1.91 bits per heavy atom. The van der Waals surface area contributed by atoms with Crippen LogP contribution < -0.4 is 0 Å². The fourth-order valence-electron chi connectivity index (χ4n) is 2.58. The Hall–Kier alpha value is -2.88. The largest absolute Gasteiger partial charge is 0.463 e. The number of carbonyl (C=O) groups is 2. The first kappa shape index (κ1) is 14.1. The monoisotopic (exact) mass is 294 g/mol. The minimum absolute atomic E-state index is 0.0831. The Labute approximate surface area is 128 Å². The van der Waals surface area contributed by atoms with Crippen molar-refractivity contribution < 1.29 is 19.1 Å². The number of ketones is 1. The van der Waals surface area contributed by atoms with Gasteiger partial charge < -0.3 is 9.47 Å². The average Bonchev–Trinajstić information content (AvgIpc) is 2.94. The Morgan fingerprint density at radius 2 is 1.45 bits per heavy atom.